The third-order valence-corrected chi connectivity index (χ3v) is 5.88. The summed E-state index contributed by atoms with van der Waals surface area (Å²) in [7, 11) is 1.38. The number of carbonyl (C=O) groups excluding carboxylic acids is 1. The minimum absolute atomic E-state index is 0.371. The zero-order valence-electron chi connectivity index (χ0n) is 20.6. The molecule has 0 aliphatic heterocycles. The number of aromatic amines is 1. The molecule has 2 heterocycles. The molecular formula is C28H32N6O2. The van der Waals surface area contributed by atoms with Gasteiger partial charge in [-0.05, 0) is 50.2 Å². The molecule has 0 saturated carbocycles. The lowest BCUT2D eigenvalue weighted by molar-refractivity contribution is 0.0601. The van der Waals surface area contributed by atoms with E-state index in [1.165, 1.54) is 7.11 Å². The zero-order valence-corrected chi connectivity index (χ0v) is 20.6. The Morgan fingerprint density at radius 1 is 1.03 bits per heavy atom. The number of H-pyrrole nitrogens is 1. The summed E-state index contributed by atoms with van der Waals surface area (Å²) in [4.78, 5) is 25.1. The number of hydrogen-bond acceptors (Lipinski definition) is 7. The number of methoxy groups -OCH3 is 1. The van der Waals surface area contributed by atoms with Crippen LogP contribution in [0.5, 0.6) is 0 Å². The highest BCUT2D eigenvalue weighted by Crippen LogP contribution is 2.30. The lowest BCUT2D eigenvalue weighted by Crippen LogP contribution is -2.24. The molecule has 2 aromatic carbocycles. The van der Waals surface area contributed by atoms with E-state index in [2.05, 4.69) is 39.0 Å². The van der Waals surface area contributed by atoms with Gasteiger partial charge >= 0.3 is 5.97 Å². The normalized spacial score (nSPS) is 11.0. The Bertz CT molecular complexity index is 1340. The molecule has 0 bridgehead atoms. The summed E-state index contributed by atoms with van der Waals surface area (Å²) in [6.45, 7) is 4.15. The van der Waals surface area contributed by atoms with Gasteiger partial charge in [0.25, 0.3) is 0 Å². The summed E-state index contributed by atoms with van der Waals surface area (Å²) >= 11 is 0. The Morgan fingerprint density at radius 2 is 1.81 bits per heavy atom. The minimum atomic E-state index is -0.371. The summed E-state index contributed by atoms with van der Waals surface area (Å²) in [6.07, 6.45) is 7.85. The highest BCUT2D eigenvalue weighted by atomic mass is 16.5. The molecule has 0 spiro atoms. The Hall–Kier alpha value is -3.93. The number of rotatable bonds is 13. The quantitative estimate of drug-likeness (QED) is 0.131. The lowest BCUT2D eigenvalue weighted by Gasteiger charge is -2.10. The molecule has 4 aromatic rings. The van der Waals surface area contributed by atoms with Crippen LogP contribution in [0.15, 0.2) is 48.5 Å². The molecule has 0 aliphatic carbocycles. The van der Waals surface area contributed by atoms with Crippen LogP contribution in [0.25, 0.3) is 21.9 Å². The van der Waals surface area contributed by atoms with E-state index in [1.807, 2.05) is 24.3 Å². The van der Waals surface area contributed by atoms with Crippen molar-refractivity contribution in [2.75, 3.05) is 45.2 Å². The standard InChI is InChI=1S/C28H32N6O2/c1-3-13-29-14-7-15-30-16-8-17-31-26-25-22-12-11-21(28(35)36-2)19-23(22)32-27(25)34-24(33-26)18-20-9-5-4-6-10-20/h1,4-6,9-12,19,29-30H,7-8,13-18H2,2H3,(H2,31,32,33,34). The van der Waals surface area contributed by atoms with Crippen LogP contribution < -0.4 is 16.0 Å². The fraction of sp³-hybridized carbons (Fsp3) is 0.321. The Labute approximate surface area is 211 Å². The van der Waals surface area contributed by atoms with E-state index >= 15 is 0 Å². The average molecular weight is 485 g/mol. The van der Waals surface area contributed by atoms with E-state index in [4.69, 9.17) is 21.1 Å². The van der Waals surface area contributed by atoms with Crippen LogP contribution in [0, 0.1) is 12.3 Å². The molecule has 2 aromatic heterocycles. The van der Waals surface area contributed by atoms with Crippen molar-refractivity contribution in [1.29, 1.82) is 0 Å². The molecule has 4 rings (SSSR count). The van der Waals surface area contributed by atoms with Gasteiger partial charge in [0.2, 0.25) is 0 Å². The van der Waals surface area contributed by atoms with E-state index in [-0.39, 0.29) is 5.97 Å². The molecule has 0 unspecified atom stereocenters. The maximum absolute atomic E-state index is 12.0. The number of fused-ring (bicyclic) bond motifs is 3. The maximum atomic E-state index is 12.0. The number of nitrogens with one attached hydrogen (secondary N) is 4. The van der Waals surface area contributed by atoms with Gasteiger partial charge in [0, 0.05) is 23.9 Å². The smallest absolute Gasteiger partial charge is 0.337 e. The number of anilines is 1. The number of hydrogen-bond donors (Lipinski definition) is 4. The summed E-state index contributed by atoms with van der Waals surface area (Å²) in [5.74, 6) is 3.73. The van der Waals surface area contributed by atoms with Crippen molar-refractivity contribution >= 4 is 33.7 Å². The first-order chi connectivity index (χ1) is 17.7. The molecule has 8 heteroatoms. The van der Waals surface area contributed by atoms with Gasteiger partial charge in [-0.25, -0.2) is 14.8 Å². The number of benzene rings is 2. The fourth-order valence-corrected chi connectivity index (χ4v) is 4.12. The molecular weight excluding hydrogens is 452 g/mol. The summed E-state index contributed by atoms with van der Waals surface area (Å²) in [5.41, 5.74) is 3.20. The monoisotopic (exact) mass is 484 g/mol. The topological polar surface area (TPSA) is 104 Å². The van der Waals surface area contributed by atoms with Gasteiger partial charge in [-0.1, -0.05) is 42.3 Å². The molecule has 8 nitrogen and oxygen atoms in total. The number of ether oxygens (including phenoxy) is 1. The van der Waals surface area contributed by atoms with E-state index in [1.54, 1.807) is 12.1 Å². The molecule has 0 atom stereocenters. The van der Waals surface area contributed by atoms with Crippen LogP contribution in [0.2, 0.25) is 0 Å². The van der Waals surface area contributed by atoms with E-state index in [0.29, 0.717) is 18.5 Å². The molecule has 0 aliphatic rings. The highest BCUT2D eigenvalue weighted by Gasteiger charge is 2.16. The predicted octanol–water partition coefficient (Wildman–Crippen LogP) is 3.49. The predicted molar refractivity (Wildman–Crippen MR) is 144 cm³/mol. The number of esters is 1. The van der Waals surface area contributed by atoms with Crippen molar-refractivity contribution in [3.05, 3.63) is 65.5 Å². The van der Waals surface area contributed by atoms with E-state index in [9.17, 15) is 4.79 Å². The van der Waals surface area contributed by atoms with E-state index < -0.39 is 0 Å². The highest BCUT2D eigenvalue weighted by molar-refractivity contribution is 6.12. The van der Waals surface area contributed by atoms with E-state index in [0.717, 1.165) is 78.2 Å². The molecule has 0 fully saturated rings. The Balaban J connectivity index is 1.50. The zero-order chi connectivity index (χ0) is 25.2. The first-order valence-corrected chi connectivity index (χ1v) is 12.2. The van der Waals surface area contributed by atoms with Crippen molar-refractivity contribution in [3.63, 3.8) is 0 Å². The third-order valence-electron chi connectivity index (χ3n) is 5.88. The van der Waals surface area contributed by atoms with Crippen molar-refractivity contribution in [1.82, 2.24) is 25.6 Å². The van der Waals surface area contributed by atoms with Crippen molar-refractivity contribution in [3.8, 4) is 12.3 Å². The third kappa shape index (κ3) is 6.39. The van der Waals surface area contributed by atoms with Gasteiger partial charge in [0.15, 0.2) is 0 Å². The van der Waals surface area contributed by atoms with Crippen LogP contribution in [0.4, 0.5) is 5.82 Å². The van der Waals surface area contributed by atoms with Gasteiger partial charge in [-0.2, -0.15) is 0 Å². The molecule has 36 heavy (non-hydrogen) atoms. The second-order valence-electron chi connectivity index (χ2n) is 8.52. The number of nitrogens with zero attached hydrogens (tertiary/aromatic N) is 2. The first kappa shape index (κ1) is 25.2. The second-order valence-corrected chi connectivity index (χ2v) is 8.52. The average Bonchev–Trinajstić information content (AvgIpc) is 3.27. The van der Waals surface area contributed by atoms with Crippen LogP contribution in [-0.2, 0) is 11.2 Å². The van der Waals surface area contributed by atoms with Crippen molar-refractivity contribution in [2.24, 2.45) is 0 Å². The molecule has 4 N–H and O–H groups in total. The SMILES string of the molecule is C#CCNCCCNCCCNc1nc(Cc2ccccc2)nc2[nH]c3cc(C(=O)OC)ccc3c12. The largest absolute Gasteiger partial charge is 0.465 e. The van der Waals surface area contributed by atoms with Crippen LogP contribution in [0.3, 0.4) is 0 Å². The summed E-state index contributed by atoms with van der Waals surface area (Å²) < 4.78 is 4.88. The van der Waals surface area contributed by atoms with Gasteiger partial charge in [-0.3, -0.25) is 0 Å². The first-order valence-electron chi connectivity index (χ1n) is 12.2. The van der Waals surface area contributed by atoms with Crippen LogP contribution in [0.1, 0.15) is 34.6 Å². The van der Waals surface area contributed by atoms with Gasteiger partial charge in [0.1, 0.15) is 17.3 Å². The number of aromatic nitrogens is 3. The van der Waals surface area contributed by atoms with Crippen LogP contribution in [-0.4, -0.2) is 60.8 Å². The van der Waals surface area contributed by atoms with Crippen LogP contribution >= 0.6 is 0 Å². The summed E-state index contributed by atoms with van der Waals surface area (Å²) in [5, 5.41) is 12.1. The minimum Gasteiger partial charge on any atom is -0.465 e. The summed E-state index contributed by atoms with van der Waals surface area (Å²) in [6, 6.07) is 15.7. The molecule has 0 saturated heterocycles. The fourth-order valence-electron chi connectivity index (χ4n) is 4.12. The van der Waals surface area contributed by atoms with Crippen molar-refractivity contribution in [2.45, 2.75) is 19.3 Å². The maximum Gasteiger partial charge on any atom is 0.337 e. The Kier molecular flexibility index (Phi) is 8.87. The van der Waals surface area contributed by atoms with Gasteiger partial charge in [0.05, 0.1) is 24.6 Å². The lowest BCUT2D eigenvalue weighted by atomic mass is 10.1. The molecule has 0 radical (unpaired) electrons. The Morgan fingerprint density at radius 3 is 2.58 bits per heavy atom. The van der Waals surface area contributed by atoms with Gasteiger partial charge in [-0.15, -0.1) is 6.42 Å². The second kappa shape index (κ2) is 12.7. The van der Waals surface area contributed by atoms with Crippen molar-refractivity contribution < 1.29 is 9.53 Å². The molecule has 186 valence electrons. The number of carbonyl (C=O) groups is 1. The van der Waals surface area contributed by atoms with Gasteiger partial charge < -0.3 is 25.7 Å². The molecule has 0 amide bonds. The number of terminal acetylenes is 1.